The summed E-state index contributed by atoms with van der Waals surface area (Å²) >= 11 is 0. The zero-order chi connectivity index (χ0) is 18.0. The fourth-order valence-electron chi connectivity index (χ4n) is 4.32. The van der Waals surface area contributed by atoms with E-state index in [0.29, 0.717) is 11.1 Å². The predicted molar refractivity (Wildman–Crippen MR) is 94.7 cm³/mol. The van der Waals surface area contributed by atoms with Gasteiger partial charge < -0.3 is 0 Å². The summed E-state index contributed by atoms with van der Waals surface area (Å²) in [5.74, 6) is -1.35. The van der Waals surface area contributed by atoms with Gasteiger partial charge in [-0.05, 0) is 5.56 Å². The summed E-state index contributed by atoms with van der Waals surface area (Å²) in [4.78, 5) is 39.6. The van der Waals surface area contributed by atoms with E-state index in [9.17, 15) is 14.4 Å². The summed E-state index contributed by atoms with van der Waals surface area (Å²) in [7, 11) is 0. The first kappa shape index (κ1) is 15.9. The summed E-state index contributed by atoms with van der Waals surface area (Å²) in [5, 5.41) is 0. The SMILES string of the molecule is CC(C)(C)C(=O)C1C(c2ccccc2)C12C(=O)c1ccccc1C2=O. The lowest BCUT2D eigenvalue weighted by Gasteiger charge is -2.17. The molecule has 0 heterocycles. The normalized spacial score (nSPS) is 23.6. The van der Waals surface area contributed by atoms with Gasteiger partial charge in [0.1, 0.15) is 11.2 Å². The van der Waals surface area contributed by atoms with Crippen molar-refractivity contribution in [3.05, 3.63) is 71.3 Å². The van der Waals surface area contributed by atoms with Crippen molar-refractivity contribution in [1.82, 2.24) is 0 Å². The van der Waals surface area contributed by atoms with Gasteiger partial charge in [-0.3, -0.25) is 14.4 Å². The van der Waals surface area contributed by atoms with Gasteiger partial charge in [0.15, 0.2) is 11.6 Å². The van der Waals surface area contributed by atoms with Crippen LogP contribution in [0.2, 0.25) is 0 Å². The molecule has 0 aromatic heterocycles. The number of Topliss-reactive ketones (excluding diaryl/α,β-unsaturated/α-hetero) is 3. The maximum Gasteiger partial charge on any atom is 0.178 e. The van der Waals surface area contributed by atoms with Gasteiger partial charge in [-0.15, -0.1) is 0 Å². The number of ketones is 3. The molecule has 126 valence electrons. The minimum atomic E-state index is -1.24. The van der Waals surface area contributed by atoms with Gasteiger partial charge in [0.25, 0.3) is 0 Å². The summed E-state index contributed by atoms with van der Waals surface area (Å²) in [5.41, 5.74) is -0.0405. The van der Waals surface area contributed by atoms with Gasteiger partial charge in [0.05, 0.1) is 0 Å². The van der Waals surface area contributed by atoms with Crippen LogP contribution in [0.25, 0.3) is 0 Å². The molecule has 0 amide bonds. The Morgan fingerprint density at radius 2 is 1.32 bits per heavy atom. The second kappa shape index (κ2) is 4.98. The number of rotatable bonds is 2. The third-order valence-corrected chi connectivity index (χ3v) is 5.55. The number of carbonyl (C=O) groups is 3. The molecule has 2 aromatic carbocycles. The fourth-order valence-corrected chi connectivity index (χ4v) is 4.32. The largest absolute Gasteiger partial charge is 0.299 e. The van der Waals surface area contributed by atoms with Crippen molar-refractivity contribution in [3.63, 3.8) is 0 Å². The molecule has 1 fully saturated rings. The minimum Gasteiger partial charge on any atom is -0.299 e. The number of fused-ring (bicyclic) bond motifs is 1. The van der Waals surface area contributed by atoms with E-state index in [0.717, 1.165) is 5.56 Å². The molecule has 2 aromatic rings. The van der Waals surface area contributed by atoms with Crippen LogP contribution in [0.4, 0.5) is 0 Å². The standard InChI is InChI=1S/C22H20O3/c1-21(2,3)20(25)17-16(13-9-5-4-6-10-13)22(17)18(23)14-11-7-8-12-15(14)19(22)24/h4-12,16-17H,1-3H3. The number of carbonyl (C=O) groups excluding carboxylic acids is 3. The Labute approximate surface area is 147 Å². The highest BCUT2D eigenvalue weighted by atomic mass is 16.2. The molecule has 0 bridgehead atoms. The van der Waals surface area contributed by atoms with E-state index in [4.69, 9.17) is 0 Å². The fraction of sp³-hybridized carbons (Fsp3) is 0.318. The summed E-state index contributed by atoms with van der Waals surface area (Å²) in [6, 6.07) is 16.4. The third kappa shape index (κ3) is 1.95. The van der Waals surface area contributed by atoms with E-state index in [1.807, 2.05) is 51.1 Å². The molecule has 0 aliphatic heterocycles. The van der Waals surface area contributed by atoms with Gasteiger partial charge in [0, 0.05) is 28.4 Å². The first-order chi connectivity index (χ1) is 11.8. The van der Waals surface area contributed by atoms with Gasteiger partial charge in [-0.1, -0.05) is 75.4 Å². The van der Waals surface area contributed by atoms with Gasteiger partial charge in [0.2, 0.25) is 0 Å². The molecular formula is C22H20O3. The Bertz CT molecular complexity index is 867. The van der Waals surface area contributed by atoms with Crippen LogP contribution in [0.3, 0.4) is 0 Å². The van der Waals surface area contributed by atoms with Crippen LogP contribution in [-0.2, 0) is 4.79 Å². The minimum absolute atomic E-state index is 0.0177. The molecule has 1 saturated carbocycles. The molecular weight excluding hydrogens is 312 g/mol. The topological polar surface area (TPSA) is 51.2 Å². The molecule has 2 aliphatic rings. The molecule has 25 heavy (non-hydrogen) atoms. The second-order valence-electron chi connectivity index (χ2n) is 8.05. The van der Waals surface area contributed by atoms with Crippen LogP contribution in [0.5, 0.6) is 0 Å². The highest BCUT2D eigenvalue weighted by Gasteiger charge is 2.79. The van der Waals surface area contributed by atoms with Crippen molar-refractivity contribution >= 4 is 17.3 Å². The molecule has 2 atom stereocenters. The van der Waals surface area contributed by atoms with Crippen molar-refractivity contribution in [1.29, 1.82) is 0 Å². The maximum absolute atomic E-state index is 13.2. The third-order valence-electron chi connectivity index (χ3n) is 5.55. The number of hydrogen-bond acceptors (Lipinski definition) is 3. The smallest absolute Gasteiger partial charge is 0.178 e. The van der Waals surface area contributed by atoms with Gasteiger partial charge >= 0.3 is 0 Å². The Morgan fingerprint density at radius 1 is 0.840 bits per heavy atom. The van der Waals surface area contributed by atoms with Crippen LogP contribution < -0.4 is 0 Å². The monoisotopic (exact) mass is 332 g/mol. The van der Waals surface area contributed by atoms with E-state index in [-0.39, 0.29) is 23.3 Å². The number of benzene rings is 2. The molecule has 3 heteroatoms. The average Bonchev–Trinajstić information content (AvgIpc) is 3.25. The van der Waals surface area contributed by atoms with E-state index < -0.39 is 16.7 Å². The molecule has 2 aliphatic carbocycles. The lowest BCUT2D eigenvalue weighted by atomic mass is 9.84. The quantitative estimate of drug-likeness (QED) is 0.779. The van der Waals surface area contributed by atoms with Crippen LogP contribution >= 0.6 is 0 Å². The van der Waals surface area contributed by atoms with E-state index in [2.05, 4.69) is 0 Å². The summed E-state index contributed by atoms with van der Waals surface area (Å²) < 4.78 is 0. The lowest BCUT2D eigenvalue weighted by molar-refractivity contribution is -0.128. The molecule has 1 spiro atoms. The highest BCUT2D eigenvalue weighted by molar-refractivity contribution is 6.34. The van der Waals surface area contributed by atoms with Crippen molar-refractivity contribution in [3.8, 4) is 0 Å². The van der Waals surface area contributed by atoms with E-state index >= 15 is 0 Å². The molecule has 0 saturated heterocycles. The van der Waals surface area contributed by atoms with Crippen LogP contribution in [0, 0.1) is 16.7 Å². The lowest BCUT2D eigenvalue weighted by Crippen LogP contribution is -2.29. The Morgan fingerprint density at radius 3 is 1.80 bits per heavy atom. The molecule has 2 unspecified atom stereocenters. The van der Waals surface area contributed by atoms with Crippen molar-refractivity contribution in [2.75, 3.05) is 0 Å². The van der Waals surface area contributed by atoms with Crippen molar-refractivity contribution in [2.24, 2.45) is 16.7 Å². The van der Waals surface area contributed by atoms with Crippen LogP contribution in [0.1, 0.15) is 53.0 Å². The highest BCUT2D eigenvalue weighted by Crippen LogP contribution is 2.71. The zero-order valence-corrected chi connectivity index (χ0v) is 14.6. The molecule has 0 N–H and O–H groups in total. The second-order valence-corrected chi connectivity index (χ2v) is 8.05. The first-order valence-electron chi connectivity index (χ1n) is 8.59. The Kier molecular flexibility index (Phi) is 3.18. The molecule has 3 nitrogen and oxygen atoms in total. The van der Waals surface area contributed by atoms with Gasteiger partial charge in [-0.25, -0.2) is 0 Å². The molecule has 4 rings (SSSR count). The summed E-state index contributed by atoms with van der Waals surface area (Å²) in [6.07, 6.45) is 0. The Hall–Kier alpha value is -2.55. The van der Waals surface area contributed by atoms with E-state index in [1.165, 1.54) is 0 Å². The van der Waals surface area contributed by atoms with E-state index in [1.54, 1.807) is 24.3 Å². The van der Waals surface area contributed by atoms with Crippen LogP contribution in [0.15, 0.2) is 54.6 Å². The number of hydrogen-bond donors (Lipinski definition) is 0. The molecule has 0 radical (unpaired) electrons. The Balaban J connectivity index is 1.89. The average molecular weight is 332 g/mol. The predicted octanol–water partition coefficient (Wildman–Crippen LogP) is 4.08. The maximum atomic E-state index is 13.2. The van der Waals surface area contributed by atoms with Gasteiger partial charge in [-0.2, -0.15) is 0 Å². The first-order valence-corrected chi connectivity index (χ1v) is 8.59. The summed E-state index contributed by atoms with van der Waals surface area (Å²) in [6.45, 7) is 5.54. The van der Waals surface area contributed by atoms with Crippen molar-refractivity contribution < 1.29 is 14.4 Å². The zero-order valence-electron chi connectivity index (χ0n) is 14.6. The van der Waals surface area contributed by atoms with Crippen molar-refractivity contribution in [2.45, 2.75) is 26.7 Å². The van der Waals surface area contributed by atoms with Crippen LogP contribution in [-0.4, -0.2) is 17.3 Å².